The molecule has 0 unspecified atom stereocenters. The molecule has 1 aliphatic heterocycles. The molecular weight excluding hydrogens is 484 g/mol. The number of nitrogens with one attached hydrogen (secondary N) is 1. The van der Waals surface area contributed by atoms with Crippen molar-refractivity contribution in [3.05, 3.63) is 95.6 Å². The Bertz CT molecular complexity index is 1460. The van der Waals surface area contributed by atoms with Gasteiger partial charge in [-0.3, -0.25) is 4.72 Å². The standard InChI is InChI=1S/C23H21F2N3O4S2/c1-2-33(29,30)27-21-10-6-4-8-19(21)22-15-23(18-7-3-5-9-20(18)25)28(26-22)34(31,32)17-13-11-16(24)12-14-17/h3-14,23,27H,2,15H2,1H3/t23-/m0/s1. The number of benzene rings is 3. The van der Waals surface area contributed by atoms with Gasteiger partial charge in [-0.2, -0.15) is 17.9 Å². The smallest absolute Gasteiger partial charge is 0.279 e. The maximum atomic E-state index is 14.7. The minimum absolute atomic E-state index is 0.00771. The van der Waals surface area contributed by atoms with Crippen molar-refractivity contribution in [3.63, 3.8) is 0 Å². The summed E-state index contributed by atoms with van der Waals surface area (Å²) in [6.45, 7) is 1.49. The van der Waals surface area contributed by atoms with Crippen molar-refractivity contribution < 1.29 is 25.6 Å². The molecule has 1 aliphatic rings. The van der Waals surface area contributed by atoms with Gasteiger partial charge in [0, 0.05) is 17.5 Å². The van der Waals surface area contributed by atoms with Gasteiger partial charge in [0.05, 0.1) is 28.1 Å². The first-order chi connectivity index (χ1) is 16.1. The van der Waals surface area contributed by atoms with Gasteiger partial charge in [-0.05, 0) is 43.3 Å². The van der Waals surface area contributed by atoms with Crippen LogP contribution < -0.4 is 4.72 Å². The first-order valence-electron chi connectivity index (χ1n) is 10.3. The molecular formula is C23H21F2N3O4S2. The summed E-state index contributed by atoms with van der Waals surface area (Å²) in [4.78, 5) is -0.208. The molecule has 0 amide bonds. The lowest BCUT2D eigenvalue weighted by molar-refractivity contribution is 0.362. The van der Waals surface area contributed by atoms with Crippen molar-refractivity contribution in [2.24, 2.45) is 5.10 Å². The topological polar surface area (TPSA) is 95.9 Å². The van der Waals surface area contributed by atoms with Gasteiger partial charge < -0.3 is 0 Å². The summed E-state index contributed by atoms with van der Waals surface area (Å²) in [7, 11) is -7.91. The number of anilines is 1. The fourth-order valence-electron chi connectivity index (χ4n) is 3.63. The average molecular weight is 506 g/mol. The van der Waals surface area contributed by atoms with Crippen LogP contribution >= 0.6 is 0 Å². The number of para-hydroxylation sites is 1. The monoisotopic (exact) mass is 505 g/mol. The lowest BCUT2D eigenvalue weighted by atomic mass is 9.98. The van der Waals surface area contributed by atoms with E-state index in [1.807, 2.05) is 0 Å². The van der Waals surface area contributed by atoms with Crippen molar-refractivity contribution in [1.29, 1.82) is 0 Å². The molecule has 4 rings (SSSR count). The predicted molar refractivity (Wildman–Crippen MR) is 125 cm³/mol. The number of nitrogens with zero attached hydrogens (tertiary/aromatic N) is 2. The molecule has 7 nitrogen and oxygen atoms in total. The van der Waals surface area contributed by atoms with Crippen LogP contribution in [0.5, 0.6) is 0 Å². The van der Waals surface area contributed by atoms with Gasteiger partial charge in [-0.15, -0.1) is 0 Å². The molecule has 1 atom stereocenters. The molecule has 0 bridgehead atoms. The van der Waals surface area contributed by atoms with Gasteiger partial charge >= 0.3 is 0 Å². The zero-order valence-corrected chi connectivity index (χ0v) is 19.7. The fourth-order valence-corrected chi connectivity index (χ4v) is 5.71. The van der Waals surface area contributed by atoms with Crippen LogP contribution in [0.25, 0.3) is 0 Å². The van der Waals surface area contributed by atoms with E-state index in [2.05, 4.69) is 9.82 Å². The van der Waals surface area contributed by atoms with Crippen LogP contribution in [0.2, 0.25) is 0 Å². The van der Waals surface area contributed by atoms with Crippen LogP contribution in [0, 0.1) is 11.6 Å². The van der Waals surface area contributed by atoms with Crippen LogP contribution in [0.4, 0.5) is 14.5 Å². The predicted octanol–water partition coefficient (Wildman–Crippen LogP) is 4.27. The molecule has 11 heteroatoms. The third-order valence-corrected chi connectivity index (χ3v) is 8.37. The van der Waals surface area contributed by atoms with E-state index in [4.69, 9.17) is 0 Å². The van der Waals surface area contributed by atoms with Gasteiger partial charge in [0.1, 0.15) is 11.6 Å². The maximum Gasteiger partial charge on any atom is 0.279 e. The molecule has 34 heavy (non-hydrogen) atoms. The highest BCUT2D eigenvalue weighted by molar-refractivity contribution is 7.92. The van der Waals surface area contributed by atoms with Gasteiger partial charge in [0.2, 0.25) is 10.0 Å². The molecule has 0 spiro atoms. The molecule has 3 aromatic rings. The summed E-state index contributed by atoms with van der Waals surface area (Å²) < 4.78 is 82.6. The zero-order chi connectivity index (χ0) is 24.5. The Hall–Kier alpha value is -3.31. The molecule has 0 aromatic heterocycles. The molecule has 0 radical (unpaired) electrons. The Morgan fingerprint density at radius 3 is 2.26 bits per heavy atom. The second-order valence-electron chi connectivity index (χ2n) is 7.57. The van der Waals surface area contributed by atoms with Gasteiger partial charge in [0.25, 0.3) is 10.0 Å². The molecule has 3 aromatic carbocycles. The molecule has 1 heterocycles. The lowest BCUT2D eigenvalue weighted by Gasteiger charge is -2.23. The summed E-state index contributed by atoms with van der Waals surface area (Å²) in [5.41, 5.74) is 0.973. The normalized spacial score (nSPS) is 16.4. The van der Waals surface area contributed by atoms with Gasteiger partial charge in [-0.1, -0.05) is 36.4 Å². The Labute approximate surface area is 196 Å². The van der Waals surface area contributed by atoms with Crippen molar-refractivity contribution >= 4 is 31.4 Å². The van der Waals surface area contributed by atoms with E-state index in [9.17, 15) is 25.6 Å². The molecule has 178 valence electrons. The highest BCUT2D eigenvalue weighted by Crippen LogP contribution is 2.39. The summed E-state index contributed by atoms with van der Waals surface area (Å²) in [6.07, 6.45) is -0.00771. The van der Waals surface area contributed by atoms with E-state index in [-0.39, 0.29) is 34.0 Å². The van der Waals surface area contributed by atoms with Crippen LogP contribution in [-0.4, -0.2) is 32.7 Å². The number of hydrazone groups is 1. The third kappa shape index (κ3) is 4.66. The van der Waals surface area contributed by atoms with Crippen molar-refractivity contribution in [3.8, 4) is 0 Å². The van der Waals surface area contributed by atoms with E-state index in [0.717, 1.165) is 28.7 Å². The average Bonchev–Trinajstić information content (AvgIpc) is 3.26. The fraction of sp³-hybridized carbons (Fsp3) is 0.174. The Morgan fingerprint density at radius 1 is 0.941 bits per heavy atom. The quantitative estimate of drug-likeness (QED) is 0.519. The molecule has 1 N–H and O–H groups in total. The van der Waals surface area contributed by atoms with E-state index in [1.54, 1.807) is 30.3 Å². The molecule has 0 saturated heterocycles. The van der Waals surface area contributed by atoms with Crippen LogP contribution in [0.15, 0.2) is 82.8 Å². The van der Waals surface area contributed by atoms with Gasteiger partial charge in [0.15, 0.2) is 0 Å². The summed E-state index contributed by atoms with van der Waals surface area (Å²) in [5.74, 6) is -1.37. The second-order valence-corrected chi connectivity index (χ2v) is 11.4. The van der Waals surface area contributed by atoms with E-state index >= 15 is 0 Å². The molecule has 0 aliphatic carbocycles. The second kappa shape index (κ2) is 9.15. The Morgan fingerprint density at radius 2 is 1.59 bits per heavy atom. The zero-order valence-electron chi connectivity index (χ0n) is 18.0. The summed E-state index contributed by atoms with van der Waals surface area (Å²) in [6, 6.07) is 15.4. The number of hydrogen-bond donors (Lipinski definition) is 1. The summed E-state index contributed by atoms with van der Waals surface area (Å²) in [5, 5.41) is 4.31. The van der Waals surface area contributed by atoms with Gasteiger partial charge in [-0.25, -0.2) is 17.2 Å². The first kappa shape index (κ1) is 23.8. The number of halogens is 2. The van der Waals surface area contributed by atoms with E-state index in [1.165, 1.54) is 25.1 Å². The minimum atomic E-state index is -4.29. The van der Waals surface area contributed by atoms with Crippen molar-refractivity contribution in [2.75, 3.05) is 10.5 Å². The number of hydrogen-bond acceptors (Lipinski definition) is 5. The SMILES string of the molecule is CCS(=O)(=O)Nc1ccccc1C1=NN(S(=O)(=O)c2ccc(F)cc2)[C@H](c2ccccc2F)C1. The lowest BCUT2D eigenvalue weighted by Crippen LogP contribution is -2.28. The Balaban J connectivity index is 1.84. The van der Waals surface area contributed by atoms with Crippen LogP contribution in [-0.2, 0) is 20.0 Å². The van der Waals surface area contributed by atoms with E-state index < -0.39 is 37.7 Å². The largest absolute Gasteiger partial charge is 0.283 e. The number of rotatable bonds is 7. The number of sulfonamides is 2. The van der Waals surface area contributed by atoms with Crippen molar-refractivity contribution in [1.82, 2.24) is 4.41 Å². The van der Waals surface area contributed by atoms with Crippen LogP contribution in [0.1, 0.15) is 30.5 Å². The first-order valence-corrected chi connectivity index (χ1v) is 13.4. The minimum Gasteiger partial charge on any atom is -0.283 e. The maximum absolute atomic E-state index is 14.7. The molecule has 0 saturated carbocycles. The highest BCUT2D eigenvalue weighted by atomic mass is 32.2. The highest BCUT2D eigenvalue weighted by Gasteiger charge is 2.39. The molecule has 0 fully saturated rings. The van der Waals surface area contributed by atoms with Crippen molar-refractivity contribution in [2.45, 2.75) is 24.3 Å². The van der Waals surface area contributed by atoms with Crippen LogP contribution in [0.3, 0.4) is 0 Å². The third-order valence-electron chi connectivity index (χ3n) is 5.38. The summed E-state index contributed by atoms with van der Waals surface area (Å²) >= 11 is 0. The van der Waals surface area contributed by atoms with E-state index in [0.29, 0.717) is 5.56 Å². The Kier molecular flexibility index (Phi) is 6.41.